The van der Waals surface area contributed by atoms with E-state index in [0.29, 0.717) is 44.9 Å². The number of nitrogens with zero attached hydrogens (tertiary/aromatic N) is 2. The topological polar surface area (TPSA) is 79.0 Å². The molecule has 1 aliphatic rings. The van der Waals surface area contributed by atoms with E-state index >= 15 is 0 Å². The van der Waals surface area contributed by atoms with Crippen LogP contribution in [-0.2, 0) is 10.0 Å². The first kappa shape index (κ1) is 23.2. The average Bonchev–Trinajstić information content (AvgIpc) is 2.82. The first-order valence-corrected chi connectivity index (χ1v) is 12.5. The van der Waals surface area contributed by atoms with Crippen LogP contribution in [0.3, 0.4) is 0 Å². The molecule has 8 heteroatoms. The number of nitrogens with one attached hydrogen (secondary N) is 1. The Labute approximate surface area is 195 Å². The second-order valence-electron chi connectivity index (χ2n) is 8.27. The maximum absolute atomic E-state index is 13.1. The fourth-order valence-corrected chi connectivity index (χ4v) is 5.38. The molecule has 0 unspecified atom stereocenters. The maximum atomic E-state index is 13.1. The van der Waals surface area contributed by atoms with Crippen molar-refractivity contribution in [3.05, 3.63) is 71.8 Å². The summed E-state index contributed by atoms with van der Waals surface area (Å²) >= 11 is 0. The van der Waals surface area contributed by atoms with Crippen LogP contribution in [0.5, 0.6) is 5.75 Å². The van der Waals surface area contributed by atoms with Crippen molar-refractivity contribution in [3.63, 3.8) is 0 Å². The van der Waals surface area contributed by atoms with Gasteiger partial charge in [-0.15, -0.1) is 0 Å². The van der Waals surface area contributed by atoms with E-state index in [4.69, 9.17) is 4.74 Å². The molecule has 33 heavy (non-hydrogen) atoms. The quantitative estimate of drug-likeness (QED) is 0.541. The molecule has 0 saturated carbocycles. The molecule has 0 bridgehead atoms. The highest BCUT2D eigenvalue weighted by Crippen LogP contribution is 2.25. The molecule has 1 N–H and O–H groups in total. The van der Waals surface area contributed by atoms with E-state index in [2.05, 4.69) is 10.2 Å². The summed E-state index contributed by atoms with van der Waals surface area (Å²) in [6, 6.07) is 18.6. The van der Waals surface area contributed by atoms with E-state index in [0.717, 1.165) is 22.1 Å². The van der Waals surface area contributed by atoms with Crippen LogP contribution < -0.4 is 10.1 Å². The number of rotatable bonds is 7. The summed E-state index contributed by atoms with van der Waals surface area (Å²) in [5.41, 5.74) is 1.08. The van der Waals surface area contributed by atoms with Gasteiger partial charge >= 0.3 is 0 Å². The van der Waals surface area contributed by atoms with E-state index in [1.165, 1.54) is 10.4 Å². The zero-order chi connectivity index (χ0) is 23.4. The van der Waals surface area contributed by atoms with Crippen LogP contribution in [0, 0.1) is 6.92 Å². The average molecular weight is 468 g/mol. The summed E-state index contributed by atoms with van der Waals surface area (Å²) in [7, 11) is -1.66. The second kappa shape index (κ2) is 9.91. The van der Waals surface area contributed by atoms with Crippen molar-refractivity contribution in [2.75, 3.05) is 46.4 Å². The Morgan fingerprint density at radius 2 is 1.73 bits per heavy atom. The van der Waals surface area contributed by atoms with E-state index in [1.54, 1.807) is 19.1 Å². The summed E-state index contributed by atoms with van der Waals surface area (Å²) in [5, 5.41) is 4.95. The van der Waals surface area contributed by atoms with Gasteiger partial charge < -0.3 is 15.0 Å². The SMILES string of the molecule is Cc1ccc(S(=O)(=O)N2CCN(C)CC2)cc1C(=O)NCCOc1cccc2ccccc12. The number of likely N-dealkylation sites (N-methyl/N-ethyl adjacent to an activating group) is 1. The maximum Gasteiger partial charge on any atom is 0.251 e. The number of fused-ring (bicyclic) bond motifs is 1. The fraction of sp³-hybridized carbons (Fsp3) is 0.320. The first-order chi connectivity index (χ1) is 15.9. The molecule has 1 heterocycles. The molecule has 174 valence electrons. The first-order valence-electron chi connectivity index (χ1n) is 11.0. The number of sulfonamides is 1. The molecule has 3 aromatic rings. The largest absolute Gasteiger partial charge is 0.491 e. The predicted octanol–water partition coefficient (Wildman–Crippen LogP) is 2.89. The lowest BCUT2D eigenvalue weighted by atomic mass is 10.1. The van der Waals surface area contributed by atoms with Crippen molar-refractivity contribution in [1.82, 2.24) is 14.5 Å². The van der Waals surface area contributed by atoms with Gasteiger partial charge in [0.05, 0.1) is 11.4 Å². The molecule has 0 spiro atoms. The molecule has 0 aliphatic carbocycles. The van der Waals surface area contributed by atoms with Gasteiger partial charge in [-0.3, -0.25) is 4.79 Å². The third-order valence-electron chi connectivity index (χ3n) is 5.95. The van der Waals surface area contributed by atoms with Gasteiger partial charge in [0.25, 0.3) is 5.91 Å². The van der Waals surface area contributed by atoms with Crippen LogP contribution in [0.1, 0.15) is 15.9 Å². The van der Waals surface area contributed by atoms with Crippen molar-refractivity contribution >= 4 is 26.7 Å². The van der Waals surface area contributed by atoms with Crippen molar-refractivity contribution < 1.29 is 17.9 Å². The van der Waals surface area contributed by atoms with Crippen LogP contribution >= 0.6 is 0 Å². The predicted molar refractivity (Wildman–Crippen MR) is 129 cm³/mol. The Morgan fingerprint density at radius 1 is 1.00 bits per heavy atom. The lowest BCUT2D eigenvalue weighted by Crippen LogP contribution is -2.47. The van der Waals surface area contributed by atoms with Crippen molar-refractivity contribution in [3.8, 4) is 5.75 Å². The van der Waals surface area contributed by atoms with Gasteiger partial charge in [-0.1, -0.05) is 42.5 Å². The molecule has 3 aromatic carbocycles. The highest BCUT2D eigenvalue weighted by atomic mass is 32.2. The highest BCUT2D eigenvalue weighted by Gasteiger charge is 2.28. The molecular formula is C25H29N3O4S. The second-order valence-corrected chi connectivity index (χ2v) is 10.2. The molecule has 1 fully saturated rings. The lowest BCUT2D eigenvalue weighted by Gasteiger charge is -2.31. The number of piperazine rings is 1. The van der Waals surface area contributed by atoms with Crippen LogP contribution in [0.15, 0.2) is 65.6 Å². The van der Waals surface area contributed by atoms with E-state index in [1.807, 2.05) is 49.5 Å². The summed E-state index contributed by atoms with van der Waals surface area (Å²) in [4.78, 5) is 15.1. The number of aryl methyl sites for hydroxylation is 1. The fourth-order valence-electron chi connectivity index (χ4n) is 3.93. The molecule has 0 aromatic heterocycles. The molecule has 0 atom stereocenters. The Hall–Kier alpha value is -2.94. The number of benzene rings is 3. The summed E-state index contributed by atoms with van der Waals surface area (Å²) in [6.45, 7) is 4.67. The molecule has 1 saturated heterocycles. The number of carbonyl (C=O) groups is 1. The van der Waals surface area contributed by atoms with Gasteiger partial charge in [0.15, 0.2) is 0 Å². The van der Waals surface area contributed by atoms with E-state index in [-0.39, 0.29) is 10.8 Å². The van der Waals surface area contributed by atoms with Crippen molar-refractivity contribution in [2.24, 2.45) is 0 Å². The third kappa shape index (κ3) is 5.19. The zero-order valence-corrected chi connectivity index (χ0v) is 19.8. The number of hydrogen-bond donors (Lipinski definition) is 1. The van der Waals surface area contributed by atoms with Gasteiger partial charge in [0.1, 0.15) is 12.4 Å². The van der Waals surface area contributed by atoms with Crippen molar-refractivity contribution in [1.29, 1.82) is 0 Å². The number of hydrogen-bond acceptors (Lipinski definition) is 5. The molecule has 4 rings (SSSR count). The molecular weight excluding hydrogens is 438 g/mol. The monoisotopic (exact) mass is 467 g/mol. The van der Waals surface area contributed by atoms with E-state index < -0.39 is 10.0 Å². The van der Waals surface area contributed by atoms with Gasteiger partial charge in [-0.2, -0.15) is 4.31 Å². The summed E-state index contributed by atoms with van der Waals surface area (Å²) in [5.74, 6) is 0.447. The normalized spacial score (nSPS) is 15.5. The number of amides is 1. The third-order valence-corrected chi connectivity index (χ3v) is 7.84. The summed E-state index contributed by atoms with van der Waals surface area (Å²) in [6.07, 6.45) is 0. The lowest BCUT2D eigenvalue weighted by molar-refractivity contribution is 0.0946. The number of carbonyl (C=O) groups excluding carboxylic acids is 1. The molecule has 1 aliphatic heterocycles. The standard InChI is InChI=1S/C25H29N3O4S/c1-19-10-11-21(33(30,31)28-15-13-27(2)14-16-28)18-23(19)25(29)26-12-17-32-24-9-5-7-20-6-3-4-8-22(20)24/h3-11,18H,12-17H2,1-2H3,(H,26,29). The minimum Gasteiger partial charge on any atom is -0.491 e. The number of ether oxygens (including phenoxy) is 1. The molecule has 7 nitrogen and oxygen atoms in total. The Morgan fingerprint density at radius 3 is 2.52 bits per heavy atom. The van der Waals surface area contributed by atoms with Gasteiger partial charge in [-0.05, 0) is 43.1 Å². The van der Waals surface area contributed by atoms with Crippen molar-refractivity contribution in [2.45, 2.75) is 11.8 Å². The highest BCUT2D eigenvalue weighted by molar-refractivity contribution is 7.89. The van der Waals surface area contributed by atoms with Gasteiger partial charge in [0.2, 0.25) is 10.0 Å². The minimum atomic E-state index is -3.64. The van der Waals surface area contributed by atoms with Gasteiger partial charge in [0, 0.05) is 37.1 Å². The van der Waals surface area contributed by atoms with Crippen LogP contribution in [0.2, 0.25) is 0 Å². The Kier molecular flexibility index (Phi) is 6.97. The molecule has 0 radical (unpaired) electrons. The Balaban J connectivity index is 1.40. The van der Waals surface area contributed by atoms with Crippen LogP contribution in [0.25, 0.3) is 10.8 Å². The smallest absolute Gasteiger partial charge is 0.251 e. The van der Waals surface area contributed by atoms with E-state index in [9.17, 15) is 13.2 Å². The van der Waals surface area contributed by atoms with Crippen LogP contribution in [0.4, 0.5) is 0 Å². The Bertz CT molecular complexity index is 1250. The zero-order valence-electron chi connectivity index (χ0n) is 19.0. The van der Waals surface area contributed by atoms with Gasteiger partial charge in [-0.25, -0.2) is 8.42 Å². The summed E-state index contributed by atoms with van der Waals surface area (Å²) < 4.78 is 33.5. The van der Waals surface area contributed by atoms with Crippen LogP contribution in [-0.4, -0.2) is 69.9 Å². The minimum absolute atomic E-state index is 0.148. The molecule has 1 amide bonds.